The molecule has 34 heavy (non-hydrogen) atoms. The minimum Gasteiger partial charge on any atom is -0.508 e. The number of aromatic nitrogens is 1. The van der Waals surface area contributed by atoms with Gasteiger partial charge in [0.2, 0.25) is 5.91 Å². The van der Waals surface area contributed by atoms with Crippen molar-refractivity contribution >= 4 is 28.2 Å². The summed E-state index contributed by atoms with van der Waals surface area (Å²) >= 11 is 1.49. The number of carbonyl (C=O) groups is 2. The van der Waals surface area contributed by atoms with Gasteiger partial charge in [-0.25, -0.2) is 4.98 Å². The van der Waals surface area contributed by atoms with E-state index in [0.29, 0.717) is 47.3 Å². The molecule has 3 aliphatic carbocycles. The van der Waals surface area contributed by atoms with Gasteiger partial charge in [0, 0.05) is 29.3 Å². The number of phenolic OH excluding ortho intramolecular Hbond substituents is 1. The molecule has 3 aliphatic rings. The monoisotopic (exact) mass is 480 g/mol. The van der Waals surface area contributed by atoms with E-state index >= 15 is 0 Å². The van der Waals surface area contributed by atoms with Crippen molar-refractivity contribution in [1.82, 2.24) is 4.98 Å². The van der Waals surface area contributed by atoms with Crippen LogP contribution in [-0.4, -0.2) is 21.8 Å². The standard InChI is InChI=1S/C28H36N2O3S/c1-15(2)21-13-22-17(11-23(21)31)5-7-20-19(22)9-10-28(4)24(32)12-18(26(20)28)6-8-25(33)30-27-29-14-16(3)34-27/h11,13-15,18-20,26,31H,5-10,12H2,1-4H3,(H,29,30,33)/t18-,19?,20?,26?,28-/m1/s1. The summed E-state index contributed by atoms with van der Waals surface area (Å²) < 4.78 is 0. The molecule has 2 aromatic rings. The molecule has 0 bridgehead atoms. The third-order valence-electron chi connectivity index (χ3n) is 8.95. The number of ketones is 1. The highest BCUT2D eigenvalue weighted by Crippen LogP contribution is 2.62. The van der Waals surface area contributed by atoms with Crippen molar-refractivity contribution in [2.24, 2.45) is 23.2 Å². The average Bonchev–Trinajstić information content (AvgIpc) is 3.30. The summed E-state index contributed by atoms with van der Waals surface area (Å²) in [5.41, 5.74) is 3.45. The third-order valence-corrected chi connectivity index (χ3v) is 9.78. The van der Waals surface area contributed by atoms with Crippen LogP contribution in [0, 0.1) is 30.1 Å². The minimum atomic E-state index is -0.260. The van der Waals surface area contributed by atoms with E-state index in [0.717, 1.165) is 42.5 Å². The molecule has 182 valence electrons. The van der Waals surface area contributed by atoms with Gasteiger partial charge in [-0.2, -0.15) is 0 Å². The van der Waals surface area contributed by atoms with Crippen LogP contribution in [0.2, 0.25) is 0 Å². The van der Waals surface area contributed by atoms with Crippen molar-refractivity contribution in [2.75, 3.05) is 5.32 Å². The Kier molecular flexibility index (Phi) is 6.07. The van der Waals surface area contributed by atoms with E-state index in [-0.39, 0.29) is 23.2 Å². The number of rotatable bonds is 5. The minimum absolute atomic E-state index is 0.00574. The van der Waals surface area contributed by atoms with Gasteiger partial charge in [0.05, 0.1) is 0 Å². The van der Waals surface area contributed by atoms with E-state index in [4.69, 9.17) is 0 Å². The zero-order chi connectivity index (χ0) is 24.2. The molecule has 0 radical (unpaired) electrons. The number of phenols is 1. The number of carbonyl (C=O) groups excluding carboxylic acids is 2. The molecule has 0 spiro atoms. The quantitative estimate of drug-likeness (QED) is 0.522. The number of Topliss-reactive ketones (excluding diaryl/α,β-unsaturated/α-hetero) is 1. The molecule has 1 amide bonds. The number of nitrogens with zero attached hydrogens (tertiary/aromatic N) is 1. The maximum Gasteiger partial charge on any atom is 0.226 e. The number of nitrogens with one attached hydrogen (secondary N) is 1. The largest absolute Gasteiger partial charge is 0.508 e. The first kappa shape index (κ1) is 23.5. The number of thiazole rings is 1. The molecule has 1 heterocycles. The van der Waals surface area contributed by atoms with Crippen LogP contribution in [0.1, 0.15) is 92.7 Å². The lowest BCUT2D eigenvalue weighted by Crippen LogP contribution is -2.44. The van der Waals surface area contributed by atoms with Crippen LogP contribution in [0.3, 0.4) is 0 Å². The van der Waals surface area contributed by atoms with Crippen LogP contribution in [0.15, 0.2) is 18.3 Å². The Bertz CT molecular complexity index is 1120. The first-order valence-corrected chi connectivity index (χ1v) is 13.6. The van der Waals surface area contributed by atoms with Crippen molar-refractivity contribution in [2.45, 2.75) is 84.5 Å². The Hall–Kier alpha value is -2.21. The maximum atomic E-state index is 13.2. The van der Waals surface area contributed by atoms with Gasteiger partial charge in [-0.3, -0.25) is 9.59 Å². The number of benzene rings is 1. The molecule has 5 atom stereocenters. The molecule has 2 saturated carbocycles. The summed E-state index contributed by atoms with van der Waals surface area (Å²) in [5.74, 6) is 2.60. The summed E-state index contributed by atoms with van der Waals surface area (Å²) in [6, 6.07) is 4.25. The van der Waals surface area contributed by atoms with Crippen molar-refractivity contribution in [1.29, 1.82) is 0 Å². The molecular weight excluding hydrogens is 444 g/mol. The Morgan fingerprint density at radius 1 is 1.32 bits per heavy atom. The summed E-state index contributed by atoms with van der Waals surface area (Å²) in [6.45, 7) is 8.43. The van der Waals surface area contributed by atoms with Crippen LogP contribution in [0.5, 0.6) is 5.75 Å². The van der Waals surface area contributed by atoms with Gasteiger partial charge >= 0.3 is 0 Å². The lowest BCUT2D eigenvalue weighted by atomic mass is 9.54. The number of aryl methyl sites for hydroxylation is 2. The van der Waals surface area contributed by atoms with Gasteiger partial charge < -0.3 is 10.4 Å². The number of hydrogen-bond acceptors (Lipinski definition) is 5. The van der Waals surface area contributed by atoms with Crippen LogP contribution >= 0.6 is 11.3 Å². The predicted molar refractivity (Wildman–Crippen MR) is 135 cm³/mol. The normalized spacial score (nSPS) is 30.1. The lowest BCUT2D eigenvalue weighted by Gasteiger charge is -2.50. The van der Waals surface area contributed by atoms with Gasteiger partial charge in [-0.05, 0) is 91.4 Å². The second kappa shape index (κ2) is 8.78. The SMILES string of the molecule is Cc1cnc(NC(=O)CC[C@@H]2CC(=O)[C@@]3(C)CCC4c5cc(C(C)C)c(O)cc5CCC4C23)s1. The summed E-state index contributed by atoms with van der Waals surface area (Å²) in [7, 11) is 0. The molecule has 1 aromatic heterocycles. The molecule has 0 saturated heterocycles. The van der Waals surface area contributed by atoms with Crippen molar-refractivity contribution in [3.05, 3.63) is 39.9 Å². The first-order valence-electron chi connectivity index (χ1n) is 12.8. The number of hydrogen-bond donors (Lipinski definition) is 2. The fraction of sp³-hybridized carbons (Fsp3) is 0.607. The molecule has 1 aromatic carbocycles. The molecule has 2 N–H and O–H groups in total. The number of amides is 1. The zero-order valence-electron chi connectivity index (χ0n) is 20.7. The van der Waals surface area contributed by atoms with E-state index in [1.807, 2.05) is 13.0 Å². The molecule has 2 fully saturated rings. The Labute approximate surface area is 206 Å². The van der Waals surface area contributed by atoms with Gasteiger partial charge in [-0.1, -0.05) is 26.8 Å². The fourth-order valence-electron chi connectivity index (χ4n) is 7.32. The average molecular weight is 481 g/mol. The Morgan fingerprint density at radius 3 is 2.82 bits per heavy atom. The van der Waals surface area contributed by atoms with Crippen molar-refractivity contribution < 1.29 is 14.7 Å². The van der Waals surface area contributed by atoms with E-state index < -0.39 is 0 Å². The van der Waals surface area contributed by atoms with Crippen LogP contribution < -0.4 is 5.32 Å². The summed E-state index contributed by atoms with van der Waals surface area (Å²) in [4.78, 5) is 31.2. The number of fused-ring (bicyclic) bond motifs is 5. The van der Waals surface area contributed by atoms with Gasteiger partial charge in [0.1, 0.15) is 11.5 Å². The fourth-order valence-corrected chi connectivity index (χ4v) is 8.00. The van der Waals surface area contributed by atoms with Crippen LogP contribution in [-0.2, 0) is 16.0 Å². The zero-order valence-corrected chi connectivity index (χ0v) is 21.5. The third kappa shape index (κ3) is 3.98. The van der Waals surface area contributed by atoms with E-state index in [1.54, 1.807) is 6.20 Å². The highest BCUT2D eigenvalue weighted by molar-refractivity contribution is 7.15. The van der Waals surface area contributed by atoms with E-state index in [9.17, 15) is 14.7 Å². The topological polar surface area (TPSA) is 79.3 Å². The molecule has 6 heteroatoms. The van der Waals surface area contributed by atoms with Gasteiger partial charge in [-0.15, -0.1) is 11.3 Å². The van der Waals surface area contributed by atoms with Crippen LogP contribution in [0.4, 0.5) is 5.13 Å². The number of anilines is 1. The summed E-state index contributed by atoms with van der Waals surface area (Å²) in [5, 5.41) is 14.1. The van der Waals surface area contributed by atoms with Crippen molar-refractivity contribution in [3.63, 3.8) is 0 Å². The summed E-state index contributed by atoms with van der Waals surface area (Å²) in [6.07, 6.45) is 7.55. The Morgan fingerprint density at radius 2 is 2.12 bits per heavy atom. The maximum absolute atomic E-state index is 13.2. The van der Waals surface area contributed by atoms with E-state index in [2.05, 4.69) is 37.1 Å². The molecule has 0 aliphatic heterocycles. The smallest absolute Gasteiger partial charge is 0.226 e. The predicted octanol–water partition coefficient (Wildman–Crippen LogP) is 6.35. The second-order valence-electron chi connectivity index (χ2n) is 11.3. The Balaban J connectivity index is 1.36. The van der Waals surface area contributed by atoms with Gasteiger partial charge in [0.15, 0.2) is 5.13 Å². The highest BCUT2D eigenvalue weighted by Gasteiger charge is 2.58. The van der Waals surface area contributed by atoms with E-state index in [1.165, 1.54) is 22.5 Å². The van der Waals surface area contributed by atoms with Gasteiger partial charge in [0.25, 0.3) is 0 Å². The molecule has 5 nitrogen and oxygen atoms in total. The van der Waals surface area contributed by atoms with Crippen LogP contribution in [0.25, 0.3) is 0 Å². The molecular formula is C28H36N2O3S. The second-order valence-corrected chi connectivity index (χ2v) is 12.5. The first-order chi connectivity index (χ1) is 16.2. The molecule has 3 unspecified atom stereocenters. The number of aromatic hydroxyl groups is 1. The molecule has 5 rings (SSSR count). The highest BCUT2D eigenvalue weighted by atomic mass is 32.1. The lowest BCUT2D eigenvalue weighted by molar-refractivity contribution is -0.129. The van der Waals surface area contributed by atoms with Crippen molar-refractivity contribution in [3.8, 4) is 5.75 Å².